The Morgan fingerprint density at radius 3 is 2.46 bits per heavy atom. The van der Waals surface area contributed by atoms with E-state index in [2.05, 4.69) is 37.1 Å². The van der Waals surface area contributed by atoms with E-state index < -0.39 is 35.0 Å². The molecule has 0 bridgehead atoms. The molecule has 5 rings (SSSR count). The van der Waals surface area contributed by atoms with E-state index in [0.717, 1.165) is 48.8 Å². The molecule has 1 saturated heterocycles. The first-order valence-electron chi connectivity index (χ1n) is 11.6. The molecule has 4 heterocycles. The Balaban J connectivity index is 1.38. The zero-order chi connectivity index (χ0) is 26.3. The van der Waals surface area contributed by atoms with Crippen LogP contribution in [0.4, 0.5) is 30.5 Å². The summed E-state index contributed by atoms with van der Waals surface area (Å²) in [6.45, 7) is 6.47. The van der Waals surface area contributed by atoms with E-state index in [9.17, 15) is 9.18 Å². The van der Waals surface area contributed by atoms with Crippen LogP contribution in [0.1, 0.15) is 17.4 Å². The highest BCUT2D eigenvalue weighted by Gasteiger charge is 2.23. The number of likely N-dealkylation sites (N-methyl/N-ethyl adjacent to an activating group) is 1. The molecule has 37 heavy (non-hydrogen) atoms. The molecule has 1 aliphatic heterocycles. The largest absolute Gasteiger partial charge is 0.433 e. The number of carbonyl (C=O) groups excluding carboxylic acids is 1. The monoisotopic (exact) mass is 511 g/mol. The number of aryl methyl sites for hydroxylation is 1. The van der Waals surface area contributed by atoms with Gasteiger partial charge in [0.05, 0.1) is 17.4 Å². The normalized spacial score (nSPS) is 14.3. The maximum atomic E-state index is 15.2. The van der Waals surface area contributed by atoms with Gasteiger partial charge >= 0.3 is 0 Å². The van der Waals surface area contributed by atoms with Crippen LogP contribution in [-0.2, 0) is 0 Å². The first-order chi connectivity index (χ1) is 17.7. The van der Waals surface area contributed by atoms with Crippen LogP contribution in [0.5, 0.6) is 11.6 Å². The van der Waals surface area contributed by atoms with E-state index in [1.54, 1.807) is 19.2 Å². The van der Waals surface area contributed by atoms with Crippen molar-refractivity contribution in [2.24, 2.45) is 0 Å². The van der Waals surface area contributed by atoms with E-state index in [4.69, 9.17) is 4.74 Å². The summed E-state index contributed by atoms with van der Waals surface area (Å²) in [5.74, 6) is -4.42. The van der Waals surface area contributed by atoms with Crippen LogP contribution in [-0.4, -0.2) is 63.6 Å². The van der Waals surface area contributed by atoms with Gasteiger partial charge in [0, 0.05) is 50.2 Å². The summed E-state index contributed by atoms with van der Waals surface area (Å²) in [6, 6.07) is 5.65. The third-order valence-corrected chi connectivity index (χ3v) is 6.26. The van der Waals surface area contributed by atoms with Crippen LogP contribution < -0.4 is 15.0 Å². The standard InChI is InChI=1S/C25H24F3N7O2/c1-14-10-17-21(27)19(11-18(26)23(17)35(14)15(2)36)37-25-22(28)24(30-13-31-25)32-20-5-4-16(12-29-20)34-8-6-33(3)7-9-34/h4-5,10-13H,6-9H2,1-3H3,(H,29,30,31,32). The average Bonchev–Trinajstić information content (AvgIpc) is 3.24. The lowest BCUT2D eigenvalue weighted by Crippen LogP contribution is -2.44. The van der Waals surface area contributed by atoms with Crippen LogP contribution >= 0.6 is 0 Å². The summed E-state index contributed by atoms with van der Waals surface area (Å²) in [5.41, 5.74) is 1.09. The number of nitrogens with one attached hydrogen (secondary N) is 1. The second-order valence-electron chi connectivity index (χ2n) is 8.83. The summed E-state index contributed by atoms with van der Waals surface area (Å²) in [5, 5.41) is 2.60. The van der Waals surface area contributed by atoms with Crippen molar-refractivity contribution in [2.45, 2.75) is 13.8 Å². The molecule has 1 N–H and O–H groups in total. The number of piperazine rings is 1. The minimum absolute atomic E-state index is 0.167. The Morgan fingerprint density at radius 1 is 1.03 bits per heavy atom. The number of ether oxygens (including phenoxy) is 1. The zero-order valence-corrected chi connectivity index (χ0v) is 20.4. The zero-order valence-electron chi connectivity index (χ0n) is 20.4. The lowest BCUT2D eigenvalue weighted by Gasteiger charge is -2.33. The highest BCUT2D eigenvalue weighted by Crippen LogP contribution is 2.35. The molecular formula is C25H24F3N7O2. The van der Waals surface area contributed by atoms with Gasteiger partial charge in [0.1, 0.15) is 12.1 Å². The quantitative estimate of drug-likeness (QED) is 0.419. The smallest absolute Gasteiger partial charge is 0.261 e. The minimum atomic E-state index is -1.01. The molecule has 0 radical (unpaired) electrons. The van der Waals surface area contributed by atoms with E-state index in [0.29, 0.717) is 11.5 Å². The number of hydrogen-bond acceptors (Lipinski definition) is 8. The second-order valence-corrected chi connectivity index (χ2v) is 8.83. The van der Waals surface area contributed by atoms with Crippen molar-refractivity contribution in [2.75, 3.05) is 43.4 Å². The van der Waals surface area contributed by atoms with E-state index in [-0.39, 0.29) is 16.7 Å². The fourth-order valence-corrected chi connectivity index (χ4v) is 4.35. The van der Waals surface area contributed by atoms with Crippen molar-refractivity contribution >= 4 is 34.1 Å². The molecule has 12 heteroatoms. The summed E-state index contributed by atoms with van der Waals surface area (Å²) >= 11 is 0. The Morgan fingerprint density at radius 2 is 1.78 bits per heavy atom. The Labute approximate surface area is 210 Å². The maximum Gasteiger partial charge on any atom is 0.261 e. The Kier molecular flexibility index (Phi) is 6.42. The number of fused-ring (bicyclic) bond motifs is 1. The molecule has 0 atom stereocenters. The molecule has 3 aromatic heterocycles. The molecule has 0 spiro atoms. The Hall–Kier alpha value is -4.19. The molecule has 0 aliphatic carbocycles. The predicted octanol–water partition coefficient (Wildman–Crippen LogP) is 4.50. The molecular weight excluding hydrogens is 487 g/mol. The predicted molar refractivity (Wildman–Crippen MR) is 132 cm³/mol. The molecule has 1 fully saturated rings. The molecule has 1 aliphatic rings. The average molecular weight is 512 g/mol. The van der Waals surface area contributed by atoms with Crippen molar-refractivity contribution in [1.29, 1.82) is 0 Å². The van der Waals surface area contributed by atoms with Crippen LogP contribution in [0, 0.1) is 24.4 Å². The van der Waals surface area contributed by atoms with Crippen molar-refractivity contribution in [1.82, 2.24) is 24.4 Å². The van der Waals surface area contributed by atoms with Crippen LogP contribution in [0.15, 0.2) is 36.8 Å². The molecule has 0 saturated carbocycles. The highest BCUT2D eigenvalue weighted by molar-refractivity contribution is 5.94. The van der Waals surface area contributed by atoms with Gasteiger partial charge < -0.3 is 19.9 Å². The first-order valence-corrected chi connectivity index (χ1v) is 11.6. The third kappa shape index (κ3) is 4.67. The summed E-state index contributed by atoms with van der Waals surface area (Å²) in [7, 11) is 2.08. The number of pyridine rings is 1. The Bertz CT molecular complexity index is 1480. The molecule has 0 amide bonds. The van der Waals surface area contributed by atoms with Crippen LogP contribution in [0.25, 0.3) is 10.9 Å². The number of nitrogens with zero attached hydrogens (tertiary/aromatic N) is 6. The molecule has 1 aromatic carbocycles. The SMILES string of the molecule is CC(=O)n1c(C)cc2c(F)c(Oc3ncnc(Nc4ccc(N5CCN(C)CC5)cn4)c3F)cc(F)c21. The fourth-order valence-electron chi connectivity index (χ4n) is 4.35. The molecule has 192 valence electrons. The fraction of sp³-hybridized carbons (Fsp3) is 0.280. The number of hydrogen-bond donors (Lipinski definition) is 1. The van der Waals surface area contributed by atoms with E-state index in [1.807, 2.05) is 6.07 Å². The van der Waals surface area contributed by atoms with Crippen molar-refractivity contribution in [3.05, 3.63) is 59.9 Å². The van der Waals surface area contributed by atoms with Crippen LogP contribution in [0.2, 0.25) is 0 Å². The van der Waals surface area contributed by atoms with Crippen molar-refractivity contribution in [3.63, 3.8) is 0 Å². The number of carbonyl (C=O) groups is 1. The van der Waals surface area contributed by atoms with Crippen molar-refractivity contribution in [3.8, 4) is 11.6 Å². The topological polar surface area (TPSA) is 88.4 Å². The lowest BCUT2D eigenvalue weighted by molar-refractivity contribution is 0.0939. The summed E-state index contributed by atoms with van der Waals surface area (Å²) in [6.07, 6.45) is 2.72. The minimum Gasteiger partial charge on any atom is -0.433 e. The van der Waals surface area contributed by atoms with Gasteiger partial charge in [0.2, 0.25) is 11.7 Å². The summed E-state index contributed by atoms with van der Waals surface area (Å²) < 4.78 is 51.5. The number of aromatic nitrogens is 4. The third-order valence-electron chi connectivity index (χ3n) is 6.26. The molecule has 9 nitrogen and oxygen atoms in total. The molecule has 4 aromatic rings. The van der Waals surface area contributed by atoms with Gasteiger partial charge in [-0.15, -0.1) is 0 Å². The van der Waals surface area contributed by atoms with Gasteiger partial charge in [-0.25, -0.2) is 18.7 Å². The van der Waals surface area contributed by atoms with Gasteiger partial charge in [-0.1, -0.05) is 0 Å². The number of halogens is 3. The number of anilines is 3. The van der Waals surface area contributed by atoms with Gasteiger partial charge in [0.15, 0.2) is 23.2 Å². The number of rotatable bonds is 5. The number of benzene rings is 1. The summed E-state index contributed by atoms with van der Waals surface area (Å²) in [4.78, 5) is 28.3. The first kappa shape index (κ1) is 24.5. The van der Waals surface area contributed by atoms with Crippen molar-refractivity contribution < 1.29 is 22.7 Å². The maximum absolute atomic E-state index is 15.2. The van der Waals surface area contributed by atoms with E-state index in [1.165, 1.54) is 13.0 Å². The second kappa shape index (κ2) is 9.69. The van der Waals surface area contributed by atoms with E-state index >= 15 is 8.78 Å². The van der Waals surface area contributed by atoms with Gasteiger partial charge in [-0.3, -0.25) is 9.36 Å². The lowest BCUT2D eigenvalue weighted by atomic mass is 10.2. The van der Waals surface area contributed by atoms with Gasteiger partial charge in [0.25, 0.3) is 5.88 Å². The highest BCUT2D eigenvalue weighted by atomic mass is 19.1. The van der Waals surface area contributed by atoms with Crippen LogP contribution in [0.3, 0.4) is 0 Å². The van der Waals surface area contributed by atoms with Gasteiger partial charge in [-0.05, 0) is 32.2 Å². The van der Waals surface area contributed by atoms with Gasteiger partial charge in [-0.2, -0.15) is 9.37 Å². The molecule has 0 unspecified atom stereocenters.